The summed E-state index contributed by atoms with van der Waals surface area (Å²) in [5, 5.41) is 0. The first-order valence-electron chi connectivity index (χ1n) is 5.33. The summed E-state index contributed by atoms with van der Waals surface area (Å²) in [6, 6.07) is 8.04. The zero-order valence-electron chi connectivity index (χ0n) is 9.38. The maximum atomic E-state index is 4.08. The van der Waals surface area contributed by atoms with Gasteiger partial charge in [-0.25, -0.2) is 0 Å². The van der Waals surface area contributed by atoms with Crippen molar-refractivity contribution in [1.29, 1.82) is 0 Å². The summed E-state index contributed by atoms with van der Waals surface area (Å²) in [7, 11) is 0. The number of allylic oxidation sites excluding steroid dienone is 2. The molecule has 1 aromatic rings. The highest BCUT2D eigenvalue weighted by Gasteiger charge is 2.02. The van der Waals surface area contributed by atoms with Gasteiger partial charge in [-0.15, -0.1) is 0 Å². The SMILES string of the molecule is C=N/C(=C\N1C=CC=CC1)c1ccc(Br)cc1. The lowest BCUT2D eigenvalue weighted by Gasteiger charge is -2.16. The second kappa shape index (κ2) is 5.64. The zero-order valence-corrected chi connectivity index (χ0v) is 11.0. The van der Waals surface area contributed by atoms with Gasteiger partial charge < -0.3 is 4.90 Å². The molecule has 0 saturated carbocycles. The van der Waals surface area contributed by atoms with Gasteiger partial charge in [0.05, 0.1) is 5.70 Å². The van der Waals surface area contributed by atoms with Gasteiger partial charge in [0.1, 0.15) is 0 Å². The normalized spacial score (nSPS) is 15.1. The van der Waals surface area contributed by atoms with Crippen LogP contribution in [0.3, 0.4) is 0 Å². The van der Waals surface area contributed by atoms with Crippen molar-refractivity contribution < 1.29 is 0 Å². The third kappa shape index (κ3) is 3.17. The summed E-state index contributed by atoms with van der Waals surface area (Å²) in [6.07, 6.45) is 10.1. The Kier molecular flexibility index (Phi) is 3.94. The van der Waals surface area contributed by atoms with Crippen LogP contribution in [0.15, 0.2) is 64.4 Å². The van der Waals surface area contributed by atoms with Crippen molar-refractivity contribution in [1.82, 2.24) is 4.90 Å². The van der Waals surface area contributed by atoms with Gasteiger partial charge in [0.2, 0.25) is 0 Å². The number of benzene rings is 1. The maximum Gasteiger partial charge on any atom is 0.0856 e. The molecule has 1 aromatic carbocycles. The fraction of sp³-hybridized carbons (Fsp3) is 0.0714. The van der Waals surface area contributed by atoms with Crippen LogP contribution >= 0.6 is 15.9 Å². The Morgan fingerprint density at radius 3 is 2.65 bits per heavy atom. The zero-order chi connectivity index (χ0) is 12.1. The average molecular weight is 289 g/mol. The standard InChI is InChI=1S/C14H13BrN2/c1-16-14(11-17-9-3-2-4-10-17)12-5-7-13(15)8-6-12/h2-9,11H,1,10H2/b14-11-. The quantitative estimate of drug-likeness (QED) is 0.772. The largest absolute Gasteiger partial charge is 0.348 e. The predicted octanol–water partition coefficient (Wildman–Crippen LogP) is 3.83. The molecule has 1 aliphatic heterocycles. The molecule has 0 saturated heterocycles. The molecule has 17 heavy (non-hydrogen) atoms. The highest BCUT2D eigenvalue weighted by Crippen LogP contribution is 2.19. The lowest BCUT2D eigenvalue weighted by Crippen LogP contribution is -2.11. The van der Waals surface area contributed by atoms with Gasteiger partial charge in [0.25, 0.3) is 0 Å². The summed E-state index contributed by atoms with van der Waals surface area (Å²) < 4.78 is 1.06. The maximum absolute atomic E-state index is 4.08. The van der Waals surface area contributed by atoms with Crippen LogP contribution in [0.2, 0.25) is 0 Å². The molecule has 0 amide bonds. The van der Waals surface area contributed by atoms with Crippen LogP contribution < -0.4 is 0 Å². The third-order valence-electron chi connectivity index (χ3n) is 2.44. The molecule has 2 nitrogen and oxygen atoms in total. The van der Waals surface area contributed by atoms with E-state index in [2.05, 4.69) is 38.6 Å². The first-order chi connectivity index (χ1) is 8.29. The van der Waals surface area contributed by atoms with Crippen LogP contribution in [0.4, 0.5) is 0 Å². The Hall–Kier alpha value is -1.61. The van der Waals surface area contributed by atoms with Crippen molar-refractivity contribution in [2.75, 3.05) is 6.54 Å². The van der Waals surface area contributed by atoms with E-state index in [1.165, 1.54) is 0 Å². The van der Waals surface area contributed by atoms with Gasteiger partial charge in [0.15, 0.2) is 0 Å². The Morgan fingerprint density at radius 2 is 2.06 bits per heavy atom. The van der Waals surface area contributed by atoms with E-state index in [1.807, 2.05) is 48.8 Å². The lowest BCUT2D eigenvalue weighted by molar-refractivity contribution is 0.561. The first-order valence-corrected chi connectivity index (χ1v) is 6.12. The molecule has 1 heterocycles. The number of rotatable bonds is 3. The fourth-order valence-electron chi connectivity index (χ4n) is 1.56. The van der Waals surface area contributed by atoms with Gasteiger partial charge >= 0.3 is 0 Å². The number of aliphatic imine (C=N–C) groups is 1. The lowest BCUT2D eigenvalue weighted by atomic mass is 10.2. The van der Waals surface area contributed by atoms with E-state index in [4.69, 9.17) is 0 Å². The number of halogens is 1. The van der Waals surface area contributed by atoms with Crippen LogP contribution in [0.5, 0.6) is 0 Å². The highest BCUT2D eigenvalue weighted by molar-refractivity contribution is 9.10. The minimum absolute atomic E-state index is 0.867. The van der Waals surface area contributed by atoms with E-state index in [-0.39, 0.29) is 0 Å². The summed E-state index contributed by atoms with van der Waals surface area (Å²) >= 11 is 3.42. The van der Waals surface area contributed by atoms with Crippen LogP contribution in [0, 0.1) is 0 Å². The minimum Gasteiger partial charge on any atom is -0.348 e. The Morgan fingerprint density at radius 1 is 1.29 bits per heavy atom. The van der Waals surface area contributed by atoms with Crippen LogP contribution in [0.1, 0.15) is 5.56 Å². The molecule has 0 aromatic heterocycles. The van der Waals surface area contributed by atoms with Crippen molar-refractivity contribution in [3.63, 3.8) is 0 Å². The second-order valence-electron chi connectivity index (χ2n) is 3.65. The molecule has 2 rings (SSSR count). The minimum atomic E-state index is 0.867. The Labute approximate surface area is 110 Å². The van der Waals surface area contributed by atoms with Crippen molar-refractivity contribution >= 4 is 28.3 Å². The van der Waals surface area contributed by atoms with Gasteiger partial charge in [-0.05, 0) is 24.9 Å². The van der Waals surface area contributed by atoms with Crippen molar-refractivity contribution in [3.05, 3.63) is 64.9 Å². The van der Waals surface area contributed by atoms with Gasteiger partial charge in [-0.1, -0.05) is 40.2 Å². The Balaban J connectivity index is 2.23. The molecule has 0 unspecified atom stereocenters. The van der Waals surface area contributed by atoms with Crippen LogP contribution in [-0.4, -0.2) is 18.2 Å². The molecule has 0 atom stereocenters. The fourth-order valence-corrected chi connectivity index (χ4v) is 1.83. The molecule has 0 fully saturated rings. The van der Waals surface area contributed by atoms with E-state index in [0.717, 1.165) is 22.3 Å². The van der Waals surface area contributed by atoms with E-state index < -0.39 is 0 Å². The highest BCUT2D eigenvalue weighted by atomic mass is 79.9. The number of nitrogens with zero attached hydrogens (tertiary/aromatic N) is 2. The van der Waals surface area contributed by atoms with Gasteiger partial charge in [-0.2, -0.15) is 0 Å². The second-order valence-corrected chi connectivity index (χ2v) is 4.56. The summed E-state index contributed by atoms with van der Waals surface area (Å²) in [5.41, 5.74) is 1.93. The molecular formula is C14H13BrN2. The molecule has 0 spiro atoms. The number of hydrogen-bond acceptors (Lipinski definition) is 2. The van der Waals surface area contributed by atoms with Gasteiger partial charge in [-0.3, -0.25) is 4.99 Å². The van der Waals surface area contributed by atoms with Crippen LogP contribution in [-0.2, 0) is 0 Å². The van der Waals surface area contributed by atoms with Crippen molar-refractivity contribution in [2.45, 2.75) is 0 Å². The van der Waals surface area contributed by atoms with Crippen molar-refractivity contribution in [2.24, 2.45) is 4.99 Å². The molecule has 3 heteroatoms. The Bertz CT molecular complexity index is 483. The smallest absolute Gasteiger partial charge is 0.0856 e. The third-order valence-corrected chi connectivity index (χ3v) is 2.97. The molecule has 0 bridgehead atoms. The molecule has 0 N–H and O–H groups in total. The van der Waals surface area contributed by atoms with Crippen LogP contribution in [0.25, 0.3) is 5.70 Å². The van der Waals surface area contributed by atoms with Crippen molar-refractivity contribution in [3.8, 4) is 0 Å². The van der Waals surface area contributed by atoms with E-state index in [0.29, 0.717) is 0 Å². The summed E-state index contributed by atoms with van der Waals surface area (Å²) in [6.45, 7) is 4.49. The summed E-state index contributed by atoms with van der Waals surface area (Å²) in [5.74, 6) is 0. The molecule has 86 valence electrons. The van der Waals surface area contributed by atoms with E-state index in [1.54, 1.807) is 0 Å². The predicted molar refractivity (Wildman–Crippen MR) is 76.7 cm³/mol. The molecular weight excluding hydrogens is 276 g/mol. The van der Waals surface area contributed by atoms with E-state index in [9.17, 15) is 0 Å². The average Bonchev–Trinajstić information content (AvgIpc) is 2.38. The van der Waals surface area contributed by atoms with Gasteiger partial charge in [0, 0.05) is 29.0 Å². The first kappa shape index (κ1) is 11.9. The molecule has 1 aliphatic rings. The summed E-state index contributed by atoms with van der Waals surface area (Å²) in [4.78, 5) is 6.15. The topological polar surface area (TPSA) is 15.6 Å². The molecule has 0 radical (unpaired) electrons. The monoisotopic (exact) mass is 288 g/mol. The number of hydrogen-bond donors (Lipinski definition) is 0. The molecule has 0 aliphatic carbocycles. The van der Waals surface area contributed by atoms with E-state index >= 15 is 0 Å².